The lowest BCUT2D eigenvalue weighted by Gasteiger charge is -2.29. The molecular formula is C14H23N3O4S. The minimum atomic E-state index is -3.73. The van der Waals surface area contributed by atoms with Gasteiger partial charge in [0.25, 0.3) is 5.69 Å². The number of sulfonamides is 1. The van der Waals surface area contributed by atoms with Crippen LogP contribution in [0.5, 0.6) is 0 Å². The molecular weight excluding hydrogens is 306 g/mol. The molecule has 0 spiro atoms. The lowest BCUT2D eigenvalue weighted by atomic mass is 9.94. The Bertz CT molecular complexity index is 660. The van der Waals surface area contributed by atoms with E-state index in [0.717, 1.165) is 0 Å². The Hall–Kier alpha value is -1.51. The summed E-state index contributed by atoms with van der Waals surface area (Å²) in [6.07, 6.45) is 0. The molecule has 0 saturated heterocycles. The molecule has 1 rings (SSSR count). The number of aryl methyl sites for hydroxylation is 2. The van der Waals surface area contributed by atoms with Gasteiger partial charge in [0.2, 0.25) is 10.0 Å². The Morgan fingerprint density at radius 2 is 1.73 bits per heavy atom. The fraction of sp³-hybridized carbons (Fsp3) is 0.571. The molecule has 7 nitrogen and oxygen atoms in total. The van der Waals surface area contributed by atoms with Crippen molar-refractivity contribution in [3.8, 4) is 0 Å². The third-order valence-electron chi connectivity index (χ3n) is 3.53. The SMILES string of the molecule is Cc1cc([N+](=O)[O-])cc(C)c1S(=O)(=O)N(C)CC(C)(C)CN. The lowest BCUT2D eigenvalue weighted by Crippen LogP contribution is -2.40. The standard InChI is InChI=1S/C14H23N3O4S/c1-10-6-12(17(18)19)7-11(2)13(10)22(20,21)16(5)9-14(3,4)8-15/h6-7H,8-9,15H2,1-5H3. The highest BCUT2D eigenvalue weighted by atomic mass is 32.2. The topological polar surface area (TPSA) is 107 Å². The van der Waals surface area contributed by atoms with E-state index < -0.39 is 14.9 Å². The molecule has 124 valence electrons. The van der Waals surface area contributed by atoms with Gasteiger partial charge in [0.15, 0.2) is 0 Å². The quantitative estimate of drug-likeness (QED) is 0.633. The second-order valence-electron chi connectivity index (χ2n) is 6.30. The molecule has 0 atom stereocenters. The van der Waals surface area contributed by atoms with Crippen LogP contribution >= 0.6 is 0 Å². The van der Waals surface area contributed by atoms with E-state index in [1.807, 2.05) is 13.8 Å². The van der Waals surface area contributed by atoms with E-state index >= 15 is 0 Å². The molecule has 0 unspecified atom stereocenters. The zero-order valence-corrected chi connectivity index (χ0v) is 14.4. The number of nitro groups is 1. The minimum Gasteiger partial charge on any atom is -0.330 e. The Morgan fingerprint density at radius 1 is 1.27 bits per heavy atom. The van der Waals surface area contributed by atoms with Crippen LogP contribution in [-0.4, -0.2) is 37.8 Å². The second kappa shape index (κ2) is 6.31. The van der Waals surface area contributed by atoms with Crippen LogP contribution in [0.3, 0.4) is 0 Å². The highest BCUT2D eigenvalue weighted by Gasteiger charge is 2.30. The van der Waals surface area contributed by atoms with Crippen molar-refractivity contribution in [2.75, 3.05) is 20.1 Å². The van der Waals surface area contributed by atoms with Crippen molar-refractivity contribution in [3.05, 3.63) is 33.4 Å². The number of non-ortho nitro benzene ring substituents is 1. The summed E-state index contributed by atoms with van der Waals surface area (Å²) in [5.74, 6) is 0. The molecule has 0 heterocycles. The number of nitrogens with two attached hydrogens (primary N) is 1. The van der Waals surface area contributed by atoms with E-state index in [0.29, 0.717) is 17.7 Å². The predicted octanol–water partition coefficient (Wildman–Crippen LogP) is 1.82. The van der Waals surface area contributed by atoms with Gasteiger partial charge >= 0.3 is 0 Å². The monoisotopic (exact) mass is 329 g/mol. The summed E-state index contributed by atoms with van der Waals surface area (Å²) < 4.78 is 26.8. The maximum Gasteiger partial charge on any atom is 0.270 e. The van der Waals surface area contributed by atoms with Crippen LogP contribution in [0, 0.1) is 29.4 Å². The minimum absolute atomic E-state index is 0.112. The van der Waals surface area contributed by atoms with Gasteiger partial charge in [-0.1, -0.05) is 13.8 Å². The van der Waals surface area contributed by atoms with Gasteiger partial charge in [0, 0.05) is 25.7 Å². The molecule has 0 aliphatic carbocycles. The molecule has 0 fully saturated rings. The van der Waals surface area contributed by atoms with Crippen molar-refractivity contribution in [3.63, 3.8) is 0 Å². The highest BCUT2D eigenvalue weighted by Crippen LogP contribution is 2.29. The van der Waals surface area contributed by atoms with Gasteiger partial charge < -0.3 is 5.73 Å². The lowest BCUT2D eigenvalue weighted by molar-refractivity contribution is -0.385. The van der Waals surface area contributed by atoms with Crippen LogP contribution in [0.15, 0.2) is 17.0 Å². The summed E-state index contributed by atoms with van der Waals surface area (Å²) in [5.41, 5.74) is 5.91. The van der Waals surface area contributed by atoms with E-state index in [4.69, 9.17) is 5.73 Å². The molecule has 0 aromatic heterocycles. The fourth-order valence-electron chi connectivity index (χ4n) is 2.35. The highest BCUT2D eigenvalue weighted by molar-refractivity contribution is 7.89. The number of hydrogen-bond acceptors (Lipinski definition) is 5. The van der Waals surface area contributed by atoms with Crippen molar-refractivity contribution in [1.29, 1.82) is 0 Å². The van der Waals surface area contributed by atoms with E-state index in [2.05, 4.69) is 0 Å². The van der Waals surface area contributed by atoms with Crippen LogP contribution in [-0.2, 0) is 10.0 Å². The van der Waals surface area contributed by atoms with E-state index in [1.54, 1.807) is 13.8 Å². The average Bonchev–Trinajstić information content (AvgIpc) is 2.36. The van der Waals surface area contributed by atoms with Crippen molar-refractivity contribution < 1.29 is 13.3 Å². The van der Waals surface area contributed by atoms with Gasteiger partial charge in [0.1, 0.15) is 0 Å². The molecule has 0 radical (unpaired) electrons. The molecule has 0 bridgehead atoms. The summed E-state index contributed by atoms with van der Waals surface area (Å²) in [6, 6.07) is 2.56. The first-order valence-corrected chi connectivity index (χ1v) is 8.28. The van der Waals surface area contributed by atoms with Gasteiger partial charge in [-0.25, -0.2) is 12.7 Å². The van der Waals surface area contributed by atoms with Crippen LogP contribution in [0.4, 0.5) is 5.69 Å². The molecule has 0 saturated carbocycles. The summed E-state index contributed by atoms with van der Waals surface area (Å²) in [4.78, 5) is 10.4. The maximum absolute atomic E-state index is 12.8. The first-order valence-electron chi connectivity index (χ1n) is 6.84. The number of hydrogen-bond donors (Lipinski definition) is 1. The summed E-state index contributed by atoms with van der Waals surface area (Å²) in [6.45, 7) is 7.51. The average molecular weight is 329 g/mol. The number of benzene rings is 1. The molecule has 0 amide bonds. The van der Waals surface area contributed by atoms with Gasteiger partial charge in [0.05, 0.1) is 9.82 Å². The maximum atomic E-state index is 12.8. The molecule has 0 aliphatic rings. The van der Waals surface area contributed by atoms with Gasteiger partial charge in [-0.15, -0.1) is 0 Å². The largest absolute Gasteiger partial charge is 0.330 e. The molecule has 0 aliphatic heterocycles. The van der Waals surface area contributed by atoms with Crippen molar-refractivity contribution in [1.82, 2.24) is 4.31 Å². The first-order chi connectivity index (χ1) is 9.92. The van der Waals surface area contributed by atoms with Gasteiger partial charge in [-0.3, -0.25) is 10.1 Å². The number of nitro benzene ring substituents is 1. The summed E-state index contributed by atoms with van der Waals surface area (Å²) in [7, 11) is -2.24. The zero-order valence-electron chi connectivity index (χ0n) is 13.6. The Labute approximate surface area is 131 Å². The number of nitrogens with zero attached hydrogens (tertiary/aromatic N) is 2. The normalized spacial score (nSPS) is 12.7. The van der Waals surface area contributed by atoms with Crippen LogP contribution in [0.1, 0.15) is 25.0 Å². The van der Waals surface area contributed by atoms with Gasteiger partial charge in [-0.2, -0.15) is 0 Å². The Balaban J connectivity index is 3.32. The Kier molecular flexibility index (Phi) is 5.32. The molecule has 1 aromatic carbocycles. The Morgan fingerprint density at radius 3 is 2.09 bits per heavy atom. The first kappa shape index (κ1) is 18.5. The van der Waals surface area contributed by atoms with Crippen molar-refractivity contribution in [2.24, 2.45) is 11.1 Å². The van der Waals surface area contributed by atoms with Crippen molar-refractivity contribution >= 4 is 15.7 Å². The van der Waals surface area contributed by atoms with E-state index in [9.17, 15) is 18.5 Å². The van der Waals surface area contributed by atoms with Crippen LogP contribution < -0.4 is 5.73 Å². The third-order valence-corrected chi connectivity index (χ3v) is 5.64. The summed E-state index contributed by atoms with van der Waals surface area (Å²) >= 11 is 0. The molecule has 1 aromatic rings. The second-order valence-corrected chi connectivity index (χ2v) is 8.28. The smallest absolute Gasteiger partial charge is 0.270 e. The fourth-order valence-corrected chi connectivity index (χ4v) is 4.11. The summed E-state index contributed by atoms with van der Waals surface area (Å²) in [5, 5.41) is 10.9. The van der Waals surface area contributed by atoms with E-state index in [-0.39, 0.29) is 22.5 Å². The zero-order chi connectivity index (χ0) is 17.3. The number of rotatable bonds is 6. The molecule has 2 N–H and O–H groups in total. The van der Waals surface area contributed by atoms with Crippen molar-refractivity contribution in [2.45, 2.75) is 32.6 Å². The van der Waals surface area contributed by atoms with Gasteiger partial charge in [-0.05, 0) is 36.9 Å². The van der Waals surface area contributed by atoms with Crippen LogP contribution in [0.25, 0.3) is 0 Å². The third kappa shape index (κ3) is 3.82. The predicted molar refractivity (Wildman–Crippen MR) is 85.2 cm³/mol. The van der Waals surface area contributed by atoms with E-state index in [1.165, 1.54) is 23.5 Å². The molecule has 22 heavy (non-hydrogen) atoms. The molecule has 8 heteroatoms. The van der Waals surface area contributed by atoms with Crippen LogP contribution in [0.2, 0.25) is 0 Å².